The molecule has 0 aliphatic carbocycles. The Labute approximate surface area is 115 Å². The van der Waals surface area contributed by atoms with E-state index < -0.39 is 0 Å². The highest BCUT2D eigenvalue weighted by atomic mass is 19.1. The first-order valence-corrected chi connectivity index (χ1v) is 6.16. The van der Waals surface area contributed by atoms with E-state index in [1.165, 1.54) is 29.3 Å². The zero-order valence-electron chi connectivity index (χ0n) is 11.3. The van der Waals surface area contributed by atoms with Gasteiger partial charge in [0.2, 0.25) is 0 Å². The van der Waals surface area contributed by atoms with Crippen LogP contribution in [0.25, 0.3) is 0 Å². The fourth-order valence-electron chi connectivity index (χ4n) is 1.88. The highest BCUT2D eigenvalue weighted by Crippen LogP contribution is 2.07. The normalized spacial score (nSPS) is 10.3. The molecule has 5 heteroatoms. The maximum Gasteiger partial charge on any atom is 0.259 e. The Balaban J connectivity index is 2.16. The minimum atomic E-state index is -0.365. The van der Waals surface area contributed by atoms with Crippen LogP contribution in [0, 0.1) is 12.7 Å². The van der Waals surface area contributed by atoms with Gasteiger partial charge in [-0.2, -0.15) is 0 Å². The van der Waals surface area contributed by atoms with Gasteiger partial charge in [-0.25, -0.2) is 4.39 Å². The highest BCUT2D eigenvalue weighted by molar-refractivity contribution is 5.93. The van der Waals surface area contributed by atoms with E-state index in [2.05, 4.69) is 4.98 Å². The SMILES string of the molecule is Cc1cc(=O)c(C(=O)N(C)Cc2ccc(F)cc2)c[nH]1. The average Bonchev–Trinajstić information content (AvgIpc) is 2.40. The third-order valence-electron chi connectivity index (χ3n) is 2.97. The molecule has 104 valence electrons. The van der Waals surface area contributed by atoms with Crippen molar-refractivity contribution in [2.75, 3.05) is 7.05 Å². The van der Waals surface area contributed by atoms with Gasteiger partial charge < -0.3 is 9.88 Å². The van der Waals surface area contributed by atoms with Gasteiger partial charge in [-0.3, -0.25) is 9.59 Å². The first-order valence-electron chi connectivity index (χ1n) is 6.16. The van der Waals surface area contributed by atoms with Crippen molar-refractivity contribution >= 4 is 5.91 Å². The van der Waals surface area contributed by atoms with Crippen LogP contribution < -0.4 is 5.43 Å². The molecule has 0 saturated carbocycles. The number of aryl methyl sites for hydroxylation is 1. The number of rotatable bonds is 3. The van der Waals surface area contributed by atoms with Crippen molar-refractivity contribution in [2.45, 2.75) is 13.5 Å². The summed E-state index contributed by atoms with van der Waals surface area (Å²) in [7, 11) is 1.60. The summed E-state index contributed by atoms with van der Waals surface area (Å²) >= 11 is 0. The van der Waals surface area contributed by atoms with E-state index in [0.29, 0.717) is 12.2 Å². The number of aromatic nitrogens is 1. The van der Waals surface area contributed by atoms with Crippen LogP contribution >= 0.6 is 0 Å². The first-order chi connectivity index (χ1) is 9.47. The average molecular weight is 274 g/mol. The first kappa shape index (κ1) is 14.0. The minimum absolute atomic E-state index is 0.0974. The largest absolute Gasteiger partial charge is 0.364 e. The van der Waals surface area contributed by atoms with Crippen molar-refractivity contribution in [1.82, 2.24) is 9.88 Å². The van der Waals surface area contributed by atoms with Gasteiger partial charge in [0.25, 0.3) is 5.91 Å². The molecule has 0 unspecified atom stereocenters. The minimum Gasteiger partial charge on any atom is -0.364 e. The number of benzene rings is 1. The molecule has 0 aliphatic rings. The number of amides is 1. The van der Waals surface area contributed by atoms with Gasteiger partial charge in [0.15, 0.2) is 5.43 Å². The van der Waals surface area contributed by atoms with Gasteiger partial charge in [0.05, 0.1) is 0 Å². The van der Waals surface area contributed by atoms with Crippen LogP contribution in [-0.4, -0.2) is 22.8 Å². The predicted molar refractivity (Wildman–Crippen MR) is 74.0 cm³/mol. The van der Waals surface area contributed by atoms with Crippen molar-refractivity contribution in [2.24, 2.45) is 0 Å². The van der Waals surface area contributed by atoms with Crippen LogP contribution in [0.4, 0.5) is 4.39 Å². The lowest BCUT2D eigenvalue weighted by Crippen LogP contribution is -2.30. The summed E-state index contributed by atoms with van der Waals surface area (Å²) in [5, 5.41) is 0. The lowest BCUT2D eigenvalue weighted by molar-refractivity contribution is 0.0783. The molecule has 1 N–H and O–H groups in total. The molecular weight excluding hydrogens is 259 g/mol. The Morgan fingerprint density at radius 3 is 2.55 bits per heavy atom. The van der Waals surface area contributed by atoms with E-state index in [0.717, 1.165) is 5.56 Å². The van der Waals surface area contributed by atoms with E-state index in [9.17, 15) is 14.0 Å². The highest BCUT2D eigenvalue weighted by Gasteiger charge is 2.15. The zero-order valence-corrected chi connectivity index (χ0v) is 11.3. The van der Waals surface area contributed by atoms with E-state index in [4.69, 9.17) is 0 Å². The molecule has 2 aromatic rings. The molecule has 1 aromatic heterocycles. The van der Waals surface area contributed by atoms with Gasteiger partial charge in [0, 0.05) is 31.5 Å². The number of nitrogens with zero attached hydrogens (tertiary/aromatic N) is 1. The Bertz CT molecular complexity index is 677. The molecule has 2 rings (SSSR count). The second kappa shape index (κ2) is 5.69. The molecule has 1 aromatic carbocycles. The van der Waals surface area contributed by atoms with Crippen LogP contribution in [0.1, 0.15) is 21.6 Å². The van der Waals surface area contributed by atoms with Crippen molar-refractivity contribution < 1.29 is 9.18 Å². The number of halogens is 1. The van der Waals surface area contributed by atoms with E-state index in [1.807, 2.05) is 0 Å². The smallest absolute Gasteiger partial charge is 0.259 e. The third kappa shape index (κ3) is 3.12. The quantitative estimate of drug-likeness (QED) is 0.931. The lowest BCUT2D eigenvalue weighted by atomic mass is 10.2. The van der Waals surface area contributed by atoms with Gasteiger partial charge in [-0.05, 0) is 24.6 Å². The number of carbonyl (C=O) groups is 1. The van der Waals surface area contributed by atoms with Gasteiger partial charge in [0.1, 0.15) is 11.4 Å². The third-order valence-corrected chi connectivity index (χ3v) is 2.97. The van der Waals surface area contributed by atoms with Crippen molar-refractivity contribution in [3.63, 3.8) is 0 Å². The summed E-state index contributed by atoms with van der Waals surface area (Å²) in [6.07, 6.45) is 1.42. The Hall–Kier alpha value is -2.43. The number of carbonyl (C=O) groups excluding carboxylic acids is 1. The molecule has 20 heavy (non-hydrogen) atoms. The lowest BCUT2D eigenvalue weighted by Gasteiger charge is -2.17. The number of hydrogen-bond donors (Lipinski definition) is 1. The molecule has 0 radical (unpaired) electrons. The van der Waals surface area contributed by atoms with Crippen LogP contribution in [-0.2, 0) is 6.54 Å². The van der Waals surface area contributed by atoms with Crippen molar-refractivity contribution in [3.05, 3.63) is 69.4 Å². The fraction of sp³-hybridized carbons (Fsp3) is 0.200. The molecule has 1 heterocycles. The summed E-state index contributed by atoms with van der Waals surface area (Å²) < 4.78 is 12.8. The molecule has 4 nitrogen and oxygen atoms in total. The fourth-order valence-corrected chi connectivity index (χ4v) is 1.88. The van der Waals surface area contributed by atoms with E-state index in [-0.39, 0.29) is 22.7 Å². The second-order valence-corrected chi connectivity index (χ2v) is 4.68. The number of nitrogens with one attached hydrogen (secondary N) is 1. The van der Waals surface area contributed by atoms with Gasteiger partial charge >= 0.3 is 0 Å². The van der Waals surface area contributed by atoms with Gasteiger partial charge in [-0.15, -0.1) is 0 Å². The van der Waals surface area contributed by atoms with E-state index >= 15 is 0 Å². The van der Waals surface area contributed by atoms with Crippen LogP contribution in [0.2, 0.25) is 0 Å². The number of hydrogen-bond acceptors (Lipinski definition) is 2. The Morgan fingerprint density at radius 1 is 1.30 bits per heavy atom. The monoisotopic (exact) mass is 274 g/mol. The molecule has 0 fully saturated rings. The van der Waals surface area contributed by atoms with Gasteiger partial charge in [-0.1, -0.05) is 12.1 Å². The summed E-state index contributed by atoms with van der Waals surface area (Å²) in [5.74, 6) is -0.687. The van der Waals surface area contributed by atoms with Crippen LogP contribution in [0.3, 0.4) is 0 Å². The van der Waals surface area contributed by atoms with Crippen LogP contribution in [0.5, 0.6) is 0 Å². The molecular formula is C15H15FN2O2. The second-order valence-electron chi connectivity index (χ2n) is 4.68. The van der Waals surface area contributed by atoms with Crippen molar-refractivity contribution in [3.8, 4) is 0 Å². The topological polar surface area (TPSA) is 53.2 Å². The summed E-state index contributed by atoms with van der Waals surface area (Å²) in [6.45, 7) is 2.06. The molecule has 0 spiro atoms. The zero-order chi connectivity index (χ0) is 14.7. The van der Waals surface area contributed by atoms with E-state index in [1.54, 1.807) is 26.1 Å². The maximum absolute atomic E-state index is 12.8. The predicted octanol–water partition coefficient (Wildman–Crippen LogP) is 2.09. The Morgan fingerprint density at radius 2 is 1.95 bits per heavy atom. The number of aromatic amines is 1. The molecule has 0 aliphatic heterocycles. The number of H-pyrrole nitrogens is 1. The molecule has 0 atom stereocenters. The standard InChI is InChI=1S/C15H15FN2O2/c1-10-7-14(19)13(8-17-10)15(20)18(2)9-11-3-5-12(16)6-4-11/h3-8H,9H2,1-2H3,(H,17,19). The molecule has 1 amide bonds. The van der Waals surface area contributed by atoms with Crippen LogP contribution in [0.15, 0.2) is 41.3 Å². The molecule has 0 bridgehead atoms. The summed E-state index contributed by atoms with van der Waals surface area (Å²) in [6, 6.07) is 7.29. The Kier molecular flexibility index (Phi) is 3.98. The summed E-state index contributed by atoms with van der Waals surface area (Å²) in [4.78, 5) is 28.2. The van der Waals surface area contributed by atoms with Crippen molar-refractivity contribution in [1.29, 1.82) is 0 Å². The maximum atomic E-state index is 12.8. The number of pyridine rings is 1. The summed E-state index contributed by atoms with van der Waals surface area (Å²) in [5.41, 5.74) is 1.29. The molecule has 0 saturated heterocycles.